The number of H-pyrrole nitrogens is 1. The fourth-order valence-corrected chi connectivity index (χ4v) is 5.21. The Bertz CT molecular complexity index is 876. The zero-order valence-corrected chi connectivity index (χ0v) is 17.1. The monoisotopic (exact) mass is 403 g/mol. The minimum atomic E-state index is -0.512. The van der Waals surface area contributed by atoms with Crippen LogP contribution in [0.4, 0.5) is 0 Å². The zero-order chi connectivity index (χ0) is 20.8. The number of hydrogen-bond acceptors (Lipinski definition) is 5. The Kier molecular flexibility index (Phi) is 5.25. The van der Waals surface area contributed by atoms with Gasteiger partial charge in [-0.3, -0.25) is 14.4 Å². The SMILES string of the molecule is Cc1cc(C)c(C(=O)N2C[C@H]3CN(C(=O)C4CCOCC4)C[C@@]3(CO)C2)c(=O)[nH]1. The summed E-state index contributed by atoms with van der Waals surface area (Å²) in [5, 5.41) is 10.2. The summed E-state index contributed by atoms with van der Waals surface area (Å²) in [5.41, 5.74) is 0.652. The van der Waals surface area contributed by atoms with Gasteiger partial charge < -0.3 is 24.6 Å². The molecule has 2 amide bonds. The predicted octanol–water partition coefficient (Wildman–Crippen LogP) is 0.311. The predicted molar refractivity (Wildman–Crippen MR) is 106 cm³/mol. The first kappa shape index (κ1) is 20.1. The smallest absolute Gasteiger partial charge is 0.261 e. The summed E-state index contributed by atoms with van der Waals surface area (Å²) in [6, 6.07) is 1.79. The third kappa shape index (κ3) is 3.48. The van der Waals surface area contributed by atoms with Crippen LogP contribution in [0.1, 0.15) is 34.5 Å². The Labute approximate surface area is 169 Å². The number of hydrogen-bond donors (Lipinski definition) is 2. The van der Waals surface area contributed by atoms with Gasteiger partial charge in [0.05, 0.1) is 6.61 Å². The highest BCUT2D eigenvalue weighted by molar-refractivity contribution is 5.95. The van der Waals surface area contributed by atoms with Gasteiger partial charge in [-0.25, -0.2) is 0 Å². The number of aliphatic hydroxyl groups excluding tert-OH is 1. The molecular weight excluding hydrogens is 374 g/mol. The van der Waals surface area contributed by atoms with E-state index in [0.29, 0.717) is 45.0 Å². The lowest BCUT2D eigenvalue weighted by Crippen LogP contribution is -2.43. The molecule has 0 aromatic carbocycles. The van der Waals surface area contributed by atoms with Crippen molar-refractivity contribution >= 4 is 11.8 Å². The number of aromatic amines is 1. The van der Waals surface area contributed by atoms with E-state index < -0.39 is 5.41 Å². The van der Waals surface area contributed by atoms with Crippen molar-refractivity contribution in [3.8, 4) is 0 Å². The number of aromatic nitrogens is 1. The van der Waals surface area contributed by atoms with Gasteiger partial charge in [0.2, 0.25) is 5.91 Å². The molecule has 0 radical (unpaired) electrons. The van der Waals surface area contributed by atoms with Crippen LogP contribution in [0.25, 0.3) is 0 Å². The molecule has 2 atom stereocenters. The van der Waals surface area contributed by atoms with Crippen LogP contribution in [-0.4, -0.2) is 77.7 Å². The molecule has 8 nitrogen and oxygen atoms in total. The summed E-state index contributed by atoms with van der Waals surface area (Å²) in [5.74, 6) is -0.151. The van der Waals surface area contributed by atoms with E-state index in [9.17, 15) is 19.5 Å². The second-order valence-corrected chi connectivity index (χ2v) is 8.85. The molecular formula is C21H29N3O5. The van der Waals surface area contributed by atoms with Crippen molar-refractivity contribution in [3.63, 3.8) is 0 Å². The number of nitrogens with one attached hydrogen (secondary N) is 1. The topological polar surface area (TPSA) is 103 Å². The maximum atomic E-state index is 13.1. The highest BCUT2D eigenvalue weighted by Crippen LogP contribution is 2.43. The second kappa shape index (κ2) is 7.57. The number of likely N-dealkylation sites (tertiary alicyclic amines) is 2. The van der Waals surface area contributed by atoms with Crippen molar-refractivity contribution in [1.29, 1.82) is 0 Å². The number of carbonyl (C=O) groups excluding carboxylic acids is 2. The van der Waals surface area contributed by atoms with E-state index in [1.165, 1.54) is 0 Å². The molecule has 0 bridgehead atoms. The largest absolute Gasteiger partial charge is 0.396 e. The van der Waals surface area contributed by atoms with Gasteiger partial charge in [0.15, 0.2) is 0 Å². The lowest BCUT2D eigenvalue weighted by molar-refractivity contribution is -0.138. The molecule has 1 aromatic rings. The van der Waals surface area contributed by atoms with Crippen molar-refractivity contribution in [2.24, 2.45) is 17.3 Å². The minimum Gasteiger partial charge on any atom is -0.396 e. The Hall–Kier alpha value is -2.19. The van der Waals surface area contributed by atoms with Gasteiger partial charge in [-0.2, -0.15) is 0 Å². The lowest BCUT2D eigenvalue weighted by Gasteiger charge is -2.30. The molecule has 2 N–H and O–H groups in total. The Morgan fingerprint density at radius 2 is 1.86 bits per heavy atom. The number of amides is 2. The first-order valence-corrected chi connectivity index (χ1v) is 10.3. The molecule has 3 aliphatic rings. The van der Waals surface area contributed by atoms with Crippen LogP contribution >= 0.6 is 0 Å². The average Bonchev–Trinajstić information content (AvgIpc) is 3.22. The third-order valence-electron chi connectivity index (χ3n) is 6.82. The van der Waals surface area contributed by atoms with Crippen LogP contribution < -0.4 is 5.56 Å². The van der Waals surface area contributed by atoms with Crippen LogP contribution in [0, 0.1) is 31.1 Å². The number of pyridine rings is 1. The number of aryl methyl sites for hydroxylation is 2. The number of fused-ring (bicyclic) bond motifs is 1. The molecule has 3 saturated heterocycles. The van der Waals surface area contributed by atoms with E-state index in [1.54, 1.807) is 24.8 Å². The molecule has 3 aliphatic heterocycles. The van der Waals surface area contributed by atoms with Gasteiger partial charge in [0.1, 0.15) is 5.56 Å². The Balaban J connectivity index is 1.49. The fourth-order valence-electron chi connectivity index (χ4n) is 5.21. The maximum absolute atomic E-state index is 13.1. The average molecular weight is 403 g/mol. The summed E-state index contributed by atoms with van der Waals surface area (Å²) >= 11 is 0. The Morgan fingerprint density at radius 1 is 1.21 bits per heavy atom. The Morgan fingerprint density at radius 3 is 2.48 bits per heavy atom. The van der Waals surface area contributed by atoms with E-state index in [0.717, 1.165) is 18.5 Å². The third-order valence-corrected chi connectivity index (χ3v) is 6.82. The summed E-state index contributed by atoms with van der Waals surface area (Å²) in [6.07, 6.45) is 1.48. The normalized spacial score (nSPS) is 27.3. The van der Waals surface area contributed by atoms with Gasteiger partial charge in [-0.15, -0.1) is 0 Å². The second-order valence-electron chi connectivity index (χ2n) is 8.85. The standard InChI is InChI=1S/C21H29N3O5/c1-13-7-14(2)22-18(26)17(13)20(28)24-9-16-8-23(10-21(16,11-24)12-25)19(27)15-3-5-29-6-4-15/h7,15-16,25H,3-6,8-12H2,1-2H3,(H,22,26)/t16-,21+/m1/s1. The van der Waals surface area contributed by atoms with Crippen LogP contribution in [0.2, 0.25) is 0 Å². The molecule has 8 heteroatoms. The molecule has 0 aliphatic carbocycles. The number of aliphatic hydroxyl groups is 1. The molecule has 0 spiro atoms. The summed E-state index contributed by atoms with van der Waals surface area (Å²) in [7, 11) is 0. The maximum Gasteiger partial charge on any atom is 0.261 e. The number of nitrogens with zero attached hydrogens (tertiary/aromatic N) is 2. The summed E-state index contributed by atoms with van der Waals surface area (Å²) in [6.45, 7) is 6.51. The lowest BCUT2D eigenvalue weighted by atomic mass is 9.82. The molecule has 1 aromatic heterocycles. The molecule has 0 unspecified atom stereocenters. The molecule has 4 rings (SSSR count). The first-order valence-electron chi connectivity index (χ1n) is 10.3. The zero-order valence-electron chi connectivity index (χ0n) is 17.1. The number of ether oxygens (including phenoxy) is 1. The highest BCUT2D eigenvalue weighted by atomic mass is 16.5. The van der Waals surface area contributed by atoms with Crippen molar-refractivity contribution in [1.82, 2.24) is 14.8 Å². The van der Waals surface area contributed by atoms with Gasteiger partial charge in [0.25, 0.3) is 11.5 Å². The molecule has 3 fully saturated rings. The molecule has 29 heavy (non-hydrogen) atoms. The van der Waals surface area contributed by atoms with E-state index in [-0.39, 0.29) is 41.4 Å². The van der Waals surface area contributed by atoms with Crippen molar-refractivity contribution < 1.29 is 19.4 Å². The van der Waals surface area contributed by atoms with Gasteiger partial charge in [-0.1, -0.05) is 0 Å². The number of carbonyl (C=O) groups is 2. The summed E-state index contributed by atoms with van der Waals surface area (Å²) < 4.78 is 5.35. The highest BCUT2D eigenvalue weighted by Gasteiger charge is 2.54. The first-order chi connectivity index (χ1) is 13.8. The van der Waals surface area contributed by atoms with Crippen molar-refractivity contribution in [2.45, 2.75) is 26.7 Å². The van der Waals surface area contributed by atoms with Gasteiger partial charge in [0, 0.05) is 62.3 Å². The van der Waals surface area contributed by atoms with Crippen LogP contribution in [0.5, 0.6) is 0 Å². The fraction of sp³-hybridized carbons (Fsp3) is 0.667. The molecule has 158 valence electrons. The minimum absolute atomic E-state index is 0.00942. The summed E-state index contributed by atoms with van der Waals surface area (Å²) in [4.78, 5) is 44.6. The molecule has 4 heterocycles. The van der Waals surface area contributed by atoms with E-state index in [2.05, 4.69) is 4.98 Å². The number of rotatable bonds is 3. The van der Waals surface area contributed by atoms with Crippen LogP contribution in [0.15, 0.2) is 10.9 Å². The van der Waals surface area contributed by atoms with E-state index in [4.69, 9.17) is 4.74 Å². The van der Waals surface area contributed by atoms with E-state index >= 15 is 0 Å². The molecule has 0 saturated carbocycles. The van der Waals surface area contributed by atoms with Crippen molar-refractivity contribution in [2.75, 3.05) is 46.0 Å². The van der Waals surface area contributed by atoms with Gasteiger partial charge >= 0.3 is 0 Å². The van der Waals surface area contributed by atoms with E-state index in [1.807, 2.05) is 4.90 Å². The van der Waals surface area contributed by atoms with Gasteiger partial charge in [-0.05, 0) is 38.3 Å². The van der Waals surface area contributed by atoms with Crippen LogP contribution in [0.3, 0.4) is 0 Å². The quantitative estimate of drug-likeness (QED) is 0.756. The van der Waals surface area contributed by atoms with Crippen LogP contribution in [-0.2, 0) is 9.53 Å². The van der Waals surface area contributed by atoms with Crippen molar-refractivity contribution in [3.05, 3.63) is 33.2 Å².